The quantitative estimate of drug-likeness (QED) is 0.0222. The number of hydrogen-bond donors (Lipinski definition) is 3. The Kier molecular flexibility index (Phi) is 73.7. The van der Waals surface area contributed by atoms with Gasteiger partial charge in [0.2, 0.25) is 0 Å². The van der Waals surface area contributed by atoms with Crippen LogP contribution >= 0.6 is 15.6 Å². The van der Waals surface area contributed by atoms with Crippen LogP contribution in [-0.4, -0.2) is 96.7 Å². The Morgan fingerprint density at radius 3 is 0.731 bits per heavy atom. The Hall–Kier alpha value is -1.94. The maximum absolute atomic E-state index is 13.1. The third kappa shape index (κ3) is 76.8. The molecule has 3 unspecified atom stereocenters. The van der Waals surface area contributed by atoms with Crippen molar-refractivity contribution in [3.05, 3.63) is 0 Å². The first kappa shape index (κ1) is 102. The van der Waals surface area contributed by atoms with Crippen molar-refractivity contribution < 1.29 is 80.2 Å². The van der Waals surface area contributed by atoms with E-state index in [-0.39, 0.29) is 25.7 Å². The zero-order valence-corrected chi connectivity index (χ0v) is 70.3. The van der Waals surface area contributed by atoms with Crippen molar-refractivity contribution in [2.24, 2.45) is 17.8 Å². The van der Waals surface area contributed by atoms with Gasteiger partial charge in [-0.1, -0.05) is 395 Å². The number of esters is 4. The van der Waals surface area contributed by atoms with Crippen LogP contribution in [0.3, 0.4) is 0 Å². The molecule has 618 valence electrons. The molecular weight excluding hydrogens is 1350 g/mol. The number of phosphoric acid groups is 2. The van der Waals surface area contributed by atoms with Gasteiger partial charge in [0.15, 0.2) is 12.2 Å². The van der Waals surface area contributed by atoms with Gasteiger partial charge < -0.3 is 33.8 Å². The van der Waals surface area contributed by atoms with E-state index in [1.807, 2.05) is 0 Å². The van der Waals surface area contributed by atoms with Crippen molar-refractivity contribution in [3.8, 4) is 0 Å². The lowest BCUT2D eigenvalue weighted by Crippen LogP contribution is -2.30. The molecule has 0 aliphatic carbocycles. The molecule has 3 N–H and O–H groups in total. The highest BCUT2D eigenvalue weighted by Crippen LogP contribution is 2.45. The summed E-state index contributed by atoms with van der Waals surface area (Å²) < 4.78 is 68.9. The van der Waals surface area contributed by atoms with E-state index >= 15 is 0 Å². The van der Waals surface area contributed by atoms with E-state index < -0.39 is 97.5 Å². The van der Waals surface area contributed by atoms with Crippen LogP contribution in [0.4, 0.5) is 0 Å². The molecule has 0 aliphatic rings. The van der Waals surface area contributed by atoms with Crippen LogP contribution < -0.4 is 0 Å². The fourth-order valence-corrected chi connectivity index (χ4v) is 14.7. The fraction of sp³-hybridized carbons (Fsp3) is 0.953. The predicted octanol–water partition coefficient (Wildman–Crippen LogP) is 25.7. The highest BCUT2D eigenvalue weighted by molar-refractivity contribution is 7.47. The van der Waals surface area contributed by atoms with Crippen LogP contribution in [0, 0.1) is 17.8 Å². The number of hydrogen-bond acceptors (Lipinski definition) is 15. The number of rotatable bonds is 83. The van der Waals surface area contributed by atoms with Crippen molar-refractivity contribution in [1.29, 1.82) is 0 Å². The maximum atomic E-state index is 13.1. The topological polar surface area (TPSA) is 237 Å². The van der Waals surface area contributed by atoms with Gasteiger partial charge in [-0.25, -0.2) is 9.13 Å². The summed E-state index contributed by atoms with van der Waals surface area (Å²) in [4.78, 5) is 73.2. The Morgan fingerprint density at radius 2 is 0.490 bits per heavy atom. The van der Waals surface area contributed by atoms with Crippen molar-refractivity contribution in [1.82, 2.24) is 0 Å². The Morgan fingerprint density at radius 1 is 0.279 bits per heavy atom. The third-order valence-corrected chi connectivity index (χ3v) is 22.1. The number of phosphoric ester groups is 2. The van der Waals surface area contributed by atoms with Crippen LogP contribution in [0.15, 0.2) is 0 Å². The normalized spacial score (nSPS) is 14.2. The lowest BCUT2D eigenvalue weighted by molar-refractivity contribution is -0.161. The summed E-state index contributed by atoms with van der Waals surface area (Å²) in [6.45, 7) is 12.0. The second-order valence-electron chi connectivity index (χ2n) is 31.8. The van der Waals surface area contributed by atoms with Gasteiger partial charge in [-0.2, -0.15) is 0 Å². The van der Waals surface area contributed by atoms with Gasteiger partial charge in [0, 0.05) is 25.7 Å². The summed E-state index contributed by atoms with van der Waals surface area (Å²) >= 11 is 0. The summed E-state index contributed by atoms with van der Waals surface area (Å²) in [5, 5.41) is 10.7. The molecule has 17 nitrogen and oxygen atoms in total. The summed E-state index contributed by atoms with van der Waals surface area (Å²) in [6.07, 6.45) is 65.3. The molecule has 0 heterocycles. The van der Waals surface area contributed by atoms with Crippen molar-refractivity contribution in [2.75, 3.05) is 39.6 Å². The van der Waals surface area contributed by atoms with E-state index in [2.05, 4.69) is 48.5 Å². The van der Waals surface area contributed by atoms with E-state index in [9.17, 15) is 43.2 Å². The molecule has 0 saturated carbocycles. The van der Waals surface area contributed by atoms with E-state index in [0.29, 0.717) is 25.7 Å². The van der Waals surface area contributed by atoms with Gasteiger partial charge >= 0.3 is 39.5 Å². The fourth-order valence-electron chi connectivity index (χ4n) is 13.2. The number of aliphatic hydroxyl groups excluding tert-OH is 1. The summed E-state index contributed by atoms with van der Waals surface area (Å²) in [5.74, 6) is 0.219. The smallest absolute Gasteiger partial charge is 0.462 e. The zero-order valence-electron chi connectivity index (χ0n) is 68.5. The standard InChI is InChI=1S/C85H166O17P2/c1-8-10-11-12-13-14-15-16-17-18-19-20-24-29-34-39-44-52-59-66-82(87)95-72-80(101-84(89)68-61-54-45-40-35-30-25-22-21-23-27-32-37-42-49-56-63-76(3)4)74-99-103(91,92)97-70-79(86)71-98-104(93,94)100-75-81(73-96-83(88)67-60-53-48-47-51-58-65-78(7)9-2)102-85(90)69-62-55-46-41-36-31-26-28-33-38-43-50-57-64-77(5)6/h76-81,86H,8-75H2,1-7H3,(H,91,92)(H,93,94)/t78?,79-,80-,81-/m1/s1. The Labute approximate surface area is 638 Å². The van der Waals surface area contributed by atoms with Gasteiger partial charge in [-0.05, 0) is 43.4 Å². The molecular formula is C85H166O17P2. The molecule has 0 amide bonds. The van der Waals surface area contributed by atoms with Crippen molar-refractivity contribution in [2.45, 2.75) is 465 Å². The average Bonchev–Trinajstić information content (AvgIpc) is 1.19. The van der Waals surface area contributed by atoms with E-state index in [1.54, 1.807) is 0 Å². The summed E-state index contributed by atoms with van der Waals surface area (Å²) in [5.41, 5.74) is 0. The van der Waals surface area contributed by atoms with Crippen LogP contribution in [0.5, 0.6) is 0 Å². The molecule has 0 bridgehead atoms. The van der Waals surface area contributed by atoms with Gasteiger partial charge in [0.05, 0.1) is 26.4 Å². The van der Waals surface area contributed by atoms with E-state index in [1.165, 1.54) is 250 Å². The first-order valence-electron chi connectivity index (χ1n) is 43.9. The minimum Gasteiger partial charge on any atom is -0.462 e. The average molecular weight is 1520 g/mol. The monoisotopic (exact) mass is 1520 g/mol. The zero-order chi connectivity index (χ0) is 76.5. The minimum absolute atomic E-state index is 0.106. The largest absolute Gasteiger partial charge is 0.472 e. The molecule has 0 rings (SSSR count). The van der Waals surface area contributed by atoms with Gasteiger partial charge in [0.25, 0.3) is 0 Å². The second-order valence-corrected chi connectivity index (χ2v) is 34.7. The second kappa shape index (κ2) is 75.1. The first-order chi connectivity index (χ1) is 50.3. The SMILES string of the molecule is CCCCCCCCCCCCCCCCCCCCCC(=O)OC[C@H](COP(=O)(O)OC[C@@H](O)COP(=O)(O)OC[C@@H](COC(=O)CCCCCCCCC(C)CC)OC(=O)CCCCCCCCCCCCCCCC(C)C)OC(=O)CCCCCCCCCCCCCCCCCCC(C)C. The third-order valence-electron chi connectivity index (χ3n) is 20.2. The molecule has 0 fully saturated rings. The highest BCUT2D eigenvalue weighted by Gasteiger charge is 2.30. The molecule has 0 aromatic carbocycles. The first-order valence-corrected chi connectivity index (χ1v) is 46.9. The van der Waals surface area contributed by atoms with E-state index in [4.69, 9.17) is 37.0 Å². The van der Waals surface area contributed by atoms with Crippen LogP contribution in [0.1, 0.15) is 447 Å². The van der Waals surface area contributed by atoms with Crippen molar-refractivity contribution in [3.63, 3.8) is 0 Å². The minimum atomic E-state index is -4.97. The molecule has 0 aliphatic heterocycles. The molecule has 0 saturated heterocycles. The van der Waals surface area contributed by atoms with Crippen LogP contribution in [0.2, 0.25) is 0 Å². The molecule has 6 atom stereocenters. The van der Waals surface area contributed by atoms with E-state index in [0.717, 1.165) is 114 Å². The lowest BCUT2D eigenvalue weighted by Gasteiger charge is -2.21. The summed E-state index contributed by atoms with van der Waals surface area (Å²) in [7, 11) is -9.93. The van der Waals surface area contributed by atoms with Crippen LogP contribution in [-0.2, 0) is 65.4 Å². The molecule has 104 heavy (non-hydrogen) atoms. The lowest BCUT2D eigenvalue weighted by atomic mass is 10.00. The molecule has 0 aromatic heterocycles. The van der Waals surface area contributed by atoms with Crippen molar-refractivity contribution >= 4 is 39.5 Å². The Bertz CT molecular complexity index is 2010. The van der Waals surface area contributed by atoms with Gasteiger partial charge in [-0.3, -0.25) is 37.3 Å². The number of ether oxygens (including phenoxy) is 4. The number of carbonyl (C=O) groups excluding carboxylic acids is 4. The number of unbranched alkanes of at least 4 members (excludes halogenated alkanes) is 50. The Balaban J connectivity index is 5.24. The number of aliphatic hydroxyl groups is 1. The summed E-state index contributed by atoms with van der Waals surface area (Å²) in [6, 6.07) is 0. The number of carbonyl (C=O) groups is 4. The van der Waals surface area contributed by atoms with Gasteiger partial charge in [0.1, 0.15) is 19.3 Å². The molecule has 0 aromatic rings. The molecule has 0 radical (unpaired) electrons. The van der Waals surface area contributed by atoms with Gasteiger partial charge in [-0.15, -0.1) is 0 Å². The molecule has 19 heteroatoms. The highest BCUT2D eigenvalue weighted by atomic mass is 31.2. The maximum Gasteiger partial charge on any atom is 0.472 e. The molecule has 0 spiro atoms. The predicted molar refractivity (Wildman–Crippen MR) is 428 cm³/mol. The van der Waals surface area contributed by atoms with Crippen LogP contribution in [0.25, 0.3) is 0 Å².